The molecule has 2 saturated carbocycles. The summed E-state index contributed by atoms with van der Waals surface area (Å²) in [6.07, 6.45) is 6.13. The summed E-state index contributed by atoms with van der Waals surface area (Å²) < 4.78 is 0. The first kappa shape index (κ1) is 10.8. The molecule has 4 aliphatic rings. The van der Waals surface area contributed by atoms with Crippen LogP contribution in [0.4, 0.5) is 0 Å². The van der Waals surface area contributed by atoms with E-state index >= 15 is 0 Å². The summed E-state index contributed by atoms with van der Waals surface area (Å²) in [4.78, 5) is 11.8. The Kier molecular flexibility index (Phi) is 1.83. The first-order valence-electron chi connectivity index (χ1n) is 7.16. The molecular weight excluding hydrogens is 222 g/mol. The highest BCUT2D eigenvalue weighted by molar-refractivity contribution is 6.15. The van der Waals surface area contributed by atoms with Crippen molar-refractivity contribution < 1.29 is 0 Å². The lowest BCUT2D eigenvalue weighted by Crippen LogP contribution is -2.39. The van der Waals surface area contributed by atoms with E-state index in [1.54, 1.807) is 0 Å². The molecule has 0 aromatic carbocycles. The van der Waals surface area contributed by atoms with Crippen LogP contribution in [-0.4, -0.2) is 29.7 Å². The van der Waals surface area contributed by atoms with Gasteiger partial charge in [-0.15, -0.1) is 0 Å². The van der Waals surface area contributed by atoms with Gasteiger partial charge in [-0.3, -0.25) is 4.99 Å². The van der Waals surface area contributed by atoms with Gasteiger partial charge in [0.15, 0.2) is 0 Å². The summed E-state index contributed by atoms with van der Waals surface area (Å²) >= 11 is 0. The Morgan fingerprint density at radius 2 is 2.17 bits per heavy atom. The molecule has 2 aliphatic carbocycles. The number of hydrogen-bond acceptors (Lipinski definition) is 3. The van der Waals surface area contributed by atoms with Crippen molar-refractivity contribution in [3.05, 3.63) is 11.8 Å². The summed E-state index contributed by atoms with van der Waals surface area (Å²) in [5.74, 6) is 1.66. The van der Waals surface area contributed by atoms with Crippen molar-refractivity contribution in [1.82, 2.24) is 4.90 Å². The van der Waals surface area contributed by atoms with Crippen LogP contribution in [0.5, 0.6) is 0 Å². The van der Waals surface area contributed by atoms with Gasteiger partial charge < -0.3 is 4.90 Å². The van der Waals surface area contributed by atoms with Gasteiger partial charge in [0.05, 0.1) is 5.71 Å². The third-order valence-corrected chi connectivity index (χ3v) is 5.97. The van der Waals surface area contributed by atoms with Gasteiger partial charge in [-0.05, 0) is 36.2 Å². The van der Waals surface area contributed by atoms with Crippen LogP contribution in [0.3, 0.4) is 0 Å². The van der Waals surface area contributed by atoms with Gasteiger partial charge in [-0.25, -0.2) is 4.99 Å². The van der Waals surface area contributed by atoms with Crippen LogP contribution in [0.25, 0.3) is 0 Å². The minimum atomic E-state index is 0.259. The normalized spacial score (nSPS) is 39.8. The maximum absolute atomic E-state index is 4.94. The van der Waals surface area contributed by atoms with Crippen LogP contribution in [-0.2, 0) is 0 Å². The molecule has 18 heavy (non-hydrogen) atoms. The molecule has 2 bridgehead atoms. The Hall–Kier alpha value is -1.12. The summed E-state index contributed by atoms with van der Waals surface area (Å²) in [7, 11) is 0. The van der Waals surface area contributed by atoms with Gasteiger partial charge in [0.2, 0.25) is 5.96 Å². The highest BCUT2D eigenvalue weighted by Gasteiger charge is 2.63. The Labute approximate surface area is 109 Å². The van der Waals surface area contributed by atoms with Crippen LogP contribution < -0.4 is 0 Å². The van der Waals surface area contributed by atoms with Crippen LogP contribution in [0.15, 0.2) is 21.8 Å². The highest BCUT2D eigenvalue weighted by atomic mass is 15.3. The minimum Gasteiger partial charge on any atom is -0.317 e. The third kappa shape index (κ3) is 1.03. The van der Waals surface area contributed by atoms with Crippen LogP contribution in [0.1, 0.15) is 40.0 Å². The van der Waals surface area contributed by atoms with Crippen molar-refractivity contribution in [2.24, 2.45) is 26.7 Å². The second kappa shape index (κ2) is 3.06. The predicted molar refractivity (Wildman–Crippen MR) is 73.8 cm³/mol. The van der Waals surface area contributed by atoms with Gasteiger partial charge >= 0.3 is 0 Å². The van der Waals surface area contributed by atoms with E-state index in [2.05, 4.69) is 36.9 Å². The fourth-order valence-electron chi connectivity index (χ4n) is 4.39. The molecule has 3 nitrogen and oxygen atoms in total. The smallest absolute Gasteiger partial charge is 0.224 e. The van der Waals surface area contributed by atoms with Gasteiger partial charge in [0.1, 0.15) is 0 Å². The lowest BCUT2D eigenvalue weighted by atomic mass is 9.70. The van der Waals surface area contributed by atoms with Crippen molar-refractivity contribution in [2.75, 3.05) is 13.1 Å². The molecular formula is C15H21N3. The van der Waals surface area contributed by atoms with E-state index in [9.17, 15) is 0 Å². The van der Waals surface area contributed by atoms with Crippen LogP contribution >= 0.6 is 0 Å². The van der Waals surface area contributed by atoms with Gasteiger partial charge in [0.25, 0.3) is 0 Å². The topological polar surface area (TPSA) is 28.0 Å². The van der Waals surface area contributed by atoms with Crippen molar-refractivity contribution in [3.63, 3.8) is 0 Å². The standard InChI is InChI=1S/C15H21N3/c1-14(2)11-5-6-15(14,3)12-10(11)9-18-8-4-7-16-13(18)17-12/h9,11H,4-8H2,1-3H3/t11-,15+/m1/s1. The first-order valence-corrected chi connectivity index (χ1v) is 7.16. The number of guanidine groups is 1. The second-order valence-electron chi connectivity index (χ2n) is 6.92. The number of aliphatic imine (C=N–C) groups is 2. The summed E-state index contributed by atoms with van der Waals surface area (Å²) in [6.45, 7) is 9.28. The molecule has 2 heterocycles. The monoisotopic (exact) mass is 243 g/mol. The number of nitrogens with zero attached hydrogens (tertiary/aromatic N) is 3. The molecule has 0 radical (unpaired) electrons. The lowest BCUT2D eigenvalue weighted by molar-refractivity contribution is 0.202. The van der Waals surface area contributed by atoms with Crippen molar-refractivity contribution in [1.29, 1.82) is 0 Å². The zero-order valence-corrected chi connectivity index (χ0v) is 11.5. The quantitative estimate of drug-likeness (QED) is 0.643. The molecule has 2 aliphatic heterocycles. The Balaban J connectivity index is 1.89. The minimum absolute atomic E-state index is 0.259. The van der Waals surface area contributed by atoms with E-state index in [-0.39, 0.29) is 5.41 Å². The lowest BCUT2D eigenvalue weighted by Gasteiger charge is -2.36. The zero-order chi connectivity index (χ0) is 12.5. The molecule has 96 valence electrons. The highest BCUT2D eigenvalue weighted by Crippen LogP contribution is 2.66. The number of fused-ring (bicyclic) bond motifs is 6. The summed E-state index contributed by atoms with van der Waals surface area (Å²) in [5.41, 5.74) is 3.47. The largest absolute Gasteiger partial charge is 0.317 e. The maximum Gasteiger partial charge on any atom is 0.224 e. The van der Waals surface area contributed by atoms with E-state index in [1.807, 2.05) is 0 Å². The molecule has 0 aromatic rings. The number of rotatable bonds is 0. The van der Waals surface area contributed by atoms with E-state index in [0.29, 0.717) is 11.3 Å². The van der Waals surface area contributed by atoms with Crippen LogP contribution in [0.2, 0.25) is 0 Å². The van der Waals surface area contributed by atoms with Gasteiger partial charge in [0, 0.05) is 24.7 Å². The van der Waals surface area contributed by atoms with E-state index < -0.39 is 0 Å². The molecule has 4 rings (SSSR count). The Morgan fingerprint density at radius 1 is 1.33 bits per heavy atom. The Bertz CT molecular complexity index is 512. The maximum atomic E-state index is 4.94. The number of hydrogen-bond donors (Lipinski definition) is 0. The third-order valence-electron chi connectivity index (χ3n) is 5.97. The van der Waals surface area contributed by atoms with E-state index in [1.165, 1.54) is 24.1 Å². The summed E-state index contributed by atoms with van der Waals surface area (Å²) in [5, 5.41) is 0. The molecule has 0 aromatic heterocycles. The average Bonchev–Trinajstić information content (AvgIpc) is 2.68. The SMILES string of the molecule is CC1(C)[C@@H]2CC[C@@]1(C)C1=NC3=NCCCN3C=C12. The summed E-state index contributed by atoms with van der Waals surface area (Å²) in [6, 6.07) is 0. The van der Waals surface area contributed by atoms with E-state index in [0.717, 1.165) is 25.5 Å². The predicted octanol–water partition coefficient (Wildman–Crippen LogP) is 2.84. The second-order valence-corrected chi connectivity index (χ2v) is 6.92. The molecule has 0 amide bonds. The van der Waals surface area contributed by atoms with Crippen LogP contribution in [0, 0.1) is 16.7 Å². The first-order chi connectivity index (χ1) is 8.54. The fourth-order valence-corrected chi connectivity index (χ4v) is 4.39. The molecule has 0 saturated heterocycles. The van der Waals surface area contributed by atoms with Gasteiger partial charge in [-0.1, -0.05) is 20.8 Å². The van der Waals surface area contributed by atoms with Crippen molar-refractivity contribution >= 4 is 11.7 Å². The zero-order valence-electron chi connectivity index (χ0n) is 11.5. The Morgan fingerprint density at radius 3 is 3.00 bits per heavy atom. The van der Waals surface area contributed by atoms with Gasteiger partial charge in [-0.2, -0.15) is 0 Å². The van der Waals surface area contributed by atoms with E-state index in [4.69, 9.17) is 4.99 Å². The molecule has 2 atom stereocenters. The molecule has 0 N–H and O–H groups in total. The van der Waals surface area contributed by atoms with Crippen molar-refractivity contribution in [3.8, 4) is 0 Å². The molecule has 2 fully saturated rings. The average molecular weight is 243 g/mol. The molecule has 0 spiro atoms. The number of allylic oxidation sites excluding steroid dienone is 1. The molecule has 3 heteroatoms. The van der Waals surface area contributed by atoms with Crippen molar-refractivity contribution in [2.45, 2.75) is 40.0 Å². The molecule has 0 unspecified atom stereocenters. The fraction of sp³-hybridized carbons (Fsp3) is 0.733.